The number of aromatic amines is 1. The molecule has 0 aliphatic carbocycles. The third kappa shape index (κ3) is 2.73. The van der Waals surface area contributed by atoms with Crippen molar-refractivity contribution >= 4 is 16.7 Å². The van der Waals surface area contributed by atoms with Gasteiger partial charge in [0.2, 0.25) is 5.95 Å². The minimum Gasteiger partial charge on any atom is -0.497 e. The van der Waals surface area contributed by atoms with Crippen LogP contribution in [-0.2, 0) is 4.74 Å². The number of nitrogens with zero attached hydrogens (tertiary/aromatic N) is 3. The predicted molar refractivity (Wildman–Crippen MR) is 88.9 cm³/mol. The smallest absolute Gasteiger partial charge is 0.245 e. The summed E-state index contributed by atoms with van der Waals surface area (Å²) < 4.78 is 10.6. The highest BCUT2D eigenvalue weighted by Gasteiger charge is 2.16. The Bertz CT molecular complexity index is 824. The van der Waals surface area contributed by atoms with Crippen LogP contribution in [-0.4, -0.2) is 48.6 Å². The van der Waals surface area contributed by atoms with Crippen LogP contribution in [0.3, 0.4) is 0 Å². The van der Waals surface area contributed by atoms with Crippen molar-refractivity contribution in [2.75, 3.05) is 38.3 Å². The number of ether oxygens (including phenoxy) is 2. The maximum Gasteiger partial charge on any atom is 0.245 e. The fraction of sp³-hybridized carbons (Fsp3) is 0.294. The summed E-state index contributed by atoms with van der Waals surface area (Å²) in [5.74, 6) is 2.38. The third-order valence-electron chi connectivity index (χ3n) is 4.09. The molecule has 2 aromatic carbocycles. The number of morpholine rings is 1. The van der Waals surface area contributed by atoms with Crippen LogP contribution in [0.4, 0.5) is 5.95 Å². The number of hydrogen-bond acceptors (Lipinski definition) is 5. The van der Waals surface area contributed by atoms with Crippen molar-refractivity contribution in [2.45, 2.75) is 0 Å². The summed E-state index contributed by atoms with van der Waals surface area (Å²) in [7, 11) is 1.68. The van der Waals surface area contributed by atoms with Crippen molar-refractivity contribution in [1.29, 1.82) is 0 Å². The molecule has 0 bridgehead atoms. The van der Waals surface area contributed by atoms with Crippen molar-refractivity contribution in [3.8, 4) is 17.1 Å². The van der Waals surface area contributed by atoms with E-state index in [0.29, 0.717) is 0 Å². The fourth-order valence-corrected chi connectivity index (χ4v) is 2.78. The molecule has 0 atom stereocenters. The lowest BCUT2D eigenvalue weighted by atomic mass is 10.1. The van der Waals surface area contributed by atoms with Crippen molar-refractivity contribution in [3.63, 3.8) is 0 Å². The lowest BCUT2D eigenvalue weighted by Crippen LogP contribution is -2.36. The fourth-order valence-electron chi connectivity index (χ4n) is 2.78. The minimum absolute atomic E-state index is 0.724. The summed E-state index contributed by atoms with van der Waals surface area (Å²) in [5.41, 5.74) is 1.02. The average Bonchev–Trinajstić information content (AvgIpc) is 3.11. The molecule has 1 saturated heterocycles. The average molecular weight is 310 g/mol. The van der Waals surface area contributed by atoms with Gasteiger partial charge in [0.15, 0.2) is 5.82 Å². The summed E-state index contributed by atoms with van der Waals surface area (Å²) in [6.45, 7) is 3.10. The van der Waals surface area contributed by atoms with E-state index in [1.54, 1.807) is 7.11 Å². The van der Waals surface area contributed by atoms with E-state index in [-0.39, 0.29) is 0 Å². The molecular formula is C17H18N4O2. The quantitative estimate of drug-likeness (QED) is 0.805. The van der Waals surface area contributed by atoms with Crippen molar-refractivity contribution in [1.82, 2.24) is 15.2 Å². The molecule has 6 heteroatoms. The standard InChI is InChI=1S/C17H18N4O2/c1-22-15-5-4-12-10-14(3-2-13(12)11-15)16-18-17(20-19-16)21-6-8-23-9-7-21/h2-5,10-11H,6-9H2,1H3,(H,18,19,20). The van der Waals surface area contributed by atoms with Gasteiger partial charge in [-0.1, -0.05) is 18.2 Å². The van der Waals surface area contributed by atoms with Crippen LogP contribution in [0.25, 0.3) is 22.2 Å². The van der Waals surface area contributed by atoms with E-state index in [9.17, 15) is 0 Å². The Hall–Kier alpha value is -2.60. The Morgan fingerprint density at radius 3 is 2.70 bits per heavy atom. The van der Waals surface area contributed by atoms with Crippen LogP contribution in [0.5, 0.6) is 5.75 Å². The van der Waals surface area contributed by atoms with Gasteiger partial charge in [-0.2, -0.15) is 4.98 Å². The first-order valence-corrected chi connectivity index (χ1v) is 7.67. The molecule has 118 valence electrons. The van der Waals surface area contributed by atoms with Crippen LogP contribution in [0.15, 0.2) is 36.4 Å². The summed E-state index contributed by atoms with van der Waals surface area (Å²) in [6, 6.07) is 12.3. The molecule has 0 spiro atoms. The normalized spacial score (nSPS) is 15.1. The van der Waals surface area contributed by atoms with Gasteiger partial charge in [0.25, 0.3) is 0 Å². The molecule has 2 heterocycles. The van der Waals surface area contributed by atoms with Crippen LogP contribution in [0.2, 0.25) is 0 Å². The predicted octanol–water partition coefficient (Wildman–Crippen LogP) is 2.47. The highest BCUT2D eigenvalue weighted by Crippen LogP contribution is 2.26. The molecule has 0 radical (unpaired) electrons. The first kappa shape index (κ1) is 14.0. The molecule has 1 aromatic heterocycles. The number of methoxy groups -OCH3 is 1. The first-order valence-electron chi connectivity index (χ1n) is 7.67. The molecule has 0 unspecified atom stereocenters. The Labute approximate surface area is 134 Å². The molecule has 1 aliphatic rings. The zero-order chi connectivity index (χ0) is 15.6. The third-order valence-corrected chi connectivity index (χ3v) is 4.09. The van der Waals surface area contributed by atoms with Crippen LogP contribution in [0.1, 0.15) is 0 Å². The second kappa shape index (κ2) is 5.89. The van der Waals surface area contributed by atoms with Gasteiger partial charge in [-0.05, 0) is 29.0 Å². The van der Waals surface area contributed by atoms with Crippen molar-refractivity contribution < 1.29 is 9.47 Å². The van der Waals surface area contributed by atoms with Crippen molar-refractivity contribution in [3.05, 3.63) is 36.4 Å². The van der Waals surface area contributed by atoms with Gasteiger partial charge in [-0.3, -0.25) is 5.10 Å². The van der Waals surface area contributed by atoms with Gasteiger partial charge >= 0.3 is 0 Å². The number of fused-ring (bicyclic) bond motifs is 1. The van der Waals surface area contributed by atoms with E-state index in [1.807, 2.05) is 18.2 Å². The molecule has 23 heavy (non-hydrogen) atoms. The number of anilines is 1. The van der Waals surface area contributed by atoms with Gasteiger partial charge in [-0.15, -0.1) is 5.10 Å². The number of H-pyrrole nitrogens is 1. The molecule has 4 rings (SSSR count). The number of hydrogen-bond donors (Lipinski definition) is 1. The first-order chi connectivity index (χ1) is 11.3. The summed E-state index contributed by atoms with van der Waals surface area (Å²) >= 11 is 0. The largest absolute Gasteiger partial charge is 0.497 e. The number of aromatic nitrogens is 3. The number of benzene rings is 2. The zero-order valence-corrected chi connectivity index (χ0v) is 13.0. The Balaban J connectivity index is 1.64. The Morgan fingerprint density at radius 1 is 1.09 bits per heavy atom. The maximum absolute atomic E-state index is 5.36. The van der Waals surface area contributed by atoms with Crippen LogP contribution < -0.4 is 9.64 Å². The molecule has 1 fully saturated rings. The summed E-state index contributed by atoms with van der Waals surface area (Å²) in [5, 5.41) is 9.66. The van der Waals surface area contributed by atoms with E-state index in [1.165, 1.54) is 0 Å². The lowest BCUT2D eigenvalue weighted by molar-refractivity contribution is 0.122. The second-order valence-electron chi connectivity index (χ2n) is 5.51. The maximum atomic E-state index is 5.36. The molecule has 3 aromatic rings. The van der Waals surface area contributed by atoms with E-state index < -0.39 is 0 Å². The van der Waals surface area contributed by atoms with Crippen molar-refractivity contribution in [2.24, 2.45) is 0 Å². The van der Waals surface area contributed by atoms with Crippen LogP contribution >= 0.6 is 0 Å². The van der Waals surface area contributed by atoms with Gasteiger partial charge in [0, 0.05) is 18.7 Å². The SMILES string of the molecule is COc1ccc2cc(-c3nc(N4CCOCC4)n[nH]3)ccc2c1. The molecule has 6 nitrogen and oxygen atoms in total. The monoisotopic (exact) mass is 310 g/mol. The summed E-state index contributed by atoms with van der Waals surface area (Å²) in [6.07, 6.45) is 0. The van der Waals surface area contributed by atoms with E-state index in [2.05, 4.69) is 38.3 Å². The second-order valence-corrected chi connectivity index (χ2v) is 5.51. The van der Waals surface area contributed by atoms with Crippen LogP contribution in [0, 0.1) is 0 Å². The number of nitrogens with one attached hydrogen (secondary N) is 1. The van der Waals surface area contributed by atoms with Gasteiger partial charge < -0.3 is 14.4 Å². The highest BCUT2D eigenvalue weighted by atomic mass is 16.5. The minimum atomic E-state index is 0.724. The van der Waals surface area contributed by atoms with Gasteiger partial charge in [-0.25, -0.2) is 0 Å². The number of rotatable bonds is 3. The van der Waals surface area contributed by atoms with E-state index in [0.717, 1.165) is 60.2 Å². The molecule has 0 amide bonds. The van der Waals surface area contributed by atoms with Gasteiger partial charge in [0.05, 0.1) is 20.3 Å². The molecule has 1 N–H and O–H groups in total. The Kier molecular flexibility index (Phi) is 3.59. The lowest BCUT2D eigenvalue weighted by Gasteiger charge is -2.25. The molecule has 1 aliphatic heterocycles. The molecule has 0 saturated carbocycles. The topological polar surface area (TPSA) is 63.3 Å². The van der Waals surface area contributed by atoms with E-state index in [4.69, 9.17) is 9.47 Å². The summed E-state index contributed by atoms with van der Waals surface area (Å²) in [4.78, 5) is 6.76. The van der Waals surface area contributed by atoms with E-state index >= 15 is 0 Å². The van der Waals surface area contributed by atoms with Gasteiger partial charge in [0.1, 0.15) is 5.75 Å². The molecular weight excluding hydrogens is 292 g/mol. The Morgan fingerprint density at radius 2 is 1.87 bits per heavy atom. The highest BCUT2D eigenvalue weighted by molar-refractivity contribution is 5.87. The zero-order valence-electron chi connectivity index (χ0n) is 13.0.